The van der Waals surface area contributed by atoms with Crippen molar-refractivity contribution >= 4 is 11.7 Å². The van der Waals surface area contributed by atoms with Crippen molar-refractivity contribution in [2.24, 2.45) is 7.05 Å². The van der Waals surface area contributed by atoms with Crippen molar-refractivity contribution in [3.05, 3.63) is 30.6 Å². The second-order valence-corrected chi connectivity index (χ2v) is 6.46. The number of benzene rings is 1. The number of nitrogens with one attached hydrogen (secondary N) is 1. The SMILES string of the molecule is Cn1cnc(-c2ccc(NC(=O)N3CCN4CCOC[C@@H]4C3)cc2)n1. The number of morpholine rings is 1. The molecule has 4 rings (SSSR count). The summed E-state index contributed by atoms with van der Waals surface area (Å²) in [5.74, 6) is 0.675. The van der Waals surface area contributed by atoms with Gasteiger partial charge in [0, 0.05) is 44.5 Å². The third-order valence-electron chi connectivity index (χ3n) is 4.72. The number of urea groups is 1. The van der Waals surface area contributed by atoms with Crippen LogP contribution in [0, 0.1) is 0 Å². The molecule has 0 unspecified atom stereocenters. The molecule has 1 N–H and O–H groups in total. The zero-order chi connectivity index (χ0) is 17.2. The summed E-state index contributed by atoms with van der Waals surface area (Å²) in [6.45, 7) is 4.82. The van der Waals surface area contributed by atoms with Crippen LogP contribution in [0.2, 0.25) is 0 Å². The Bertz CT molecular complexity index is 744. The summed E-state index contributed by atoms with van der Waals surface area (Å²) in [6.07, 6.45) is 1.67. The molecule has 1 aromatic heterocycles. The summed E-state index contributed by atoms with van der Waals surface area (Å²) < 4.78 is 7.19. The standard InChI is InChI=1S/C17H22N6O2/c1-21-12-18-16(20-21)13-2-4-14(5-3-13)19-17(24)23-7-6-22-8-9-25-11-15(22)10-23/h2-5,12,15H,6-11H2,1H3,(H,19,24)/t15-/m0/s1. The molecule has 1 atom stereocenters. The number of anilines is 1. The fraction of sp³-hybridized carbons (Fsp3) is 0.471. The Morgan fingerprint density at radius 1 is 1.24 bits per heavy atom. The number of ether oxygens (including phenoxy) is 1. The van der Waals surface area contributed by atoms with Crippen LogP contribution in [0.25, 0.3) is 11.4 Å². The van der Waals surface area contributed by atoms with Gasteiger partial charge in [0.25, 0.3) is 0 Å². The average molecular weight is 342 g/mol. The lowest BCUT2D eigenvalue weighted by atomic mass is 10.1. The van der Waals surface area contributed by atoms with Crippen molar-refractivity contribution in [3.8, 4) is 11.4 Å². The summed E-state index contributed by atoms with van der Waals surface area (Å²) in [6, 6.07) is 7.84. The Balaban J connectivity index is 1.37. The van der Waals surface area contributed by atoms with E-state index in [0.717, 1.165) is 37.5 Å². The lowest BCUT2D eigenvalue weighted by molar-refractivity contribution is -0.0355. The number of aryl methyl sites for hydroxylation is 1. The van der Waals surface area contributed by atoms with Gasteiger partial charge >= 0.3 is 6.03 Å². The van der Waals surface area contributed by atoms with Gasteiger partial charge in [-0.15, -0.1) is 0 Å². The molecule has 0 radical (unpaired) electrons. The van der Waals surface area contributed by atoms with Crippen molar-refractivity contribution in [1.29, 1.82) is 0 Å². The molecule has 2 fully saturated rings. The van der Waals surface area contributed by atoms with Crippen LogP contribution >= 0.6 is 0 Å². The number of fused-ring (bicyclic) bond motifs is 1. The molecule has 132 valence electrons. The number of carbonyl (C=O) groups excluding carboxylic acids is 1. The first kappa shape index (κ1) is 16.0. The van der Waals surface area contributed by atoms with Crippen LogP contribution < -0.4 is 5.32 Å². The summed E-state index contributed by atoms with van der Waals surface area (Å²) in [7, 11) is 1.84. The molecular formula is C17H22N6O2. The molecule has 0 aliphatic carbocycles. The third kappa shape index (κ3) is 3.49. The second-order valence-electron chi connectivity index (χ2n) is 6.46. The van der Waals surface area contributed by atoms with Crippen LogP contribution in [0.1, 0.15) is 0 Å². The predicted octanol–water partition coefficient (Wildman–Crippen LogP) is 1.03. The molecule has 2 aliphatic rings. The number of aromatic nitrogens is 3. The van der Waals surface area contributed by atoms with Crippen LogP contribution in [-0.2, 0) is 11.8 Å². The number of carbonyl (C=O) groups is 1. The highest BCUT2D eigenvalue weighted by atomic mass is 16.5. The van der Waals surface area contributed by atoms with Crippen LogP contribution in [-0.4, -0.2) is 76.0 Å². The third-order valence-corrected chi connectivity index (χ3v) is 4.72. The van der Waals surface area contributed by atoms with Crippen molar-refractivity contribution in [2.45, 2.75) is 6.04 Å². The zero-order valence-electron chi connectivity index (χ0n) is 14.3. The molecule has 0 bridgehead atoms. The van der Waals surface area contributed by atoms with Gasteiger partial charge in [-0.25, -0.2) is 9.78 Å². The van der Waals surface area contributed by atoms with Crippen molar-refractivity contribution in [1.82, 2.24) is 24.6 Å². The molecule has 2 aromatic rings. The van der Waals surface area contributed by atoms with Crippen LogP contribution in [0.3, 0.4) is 0 Å². The van der Waals surface area contributed by atoms with E-state index in [1.807, 2.05) is 36.2 Å². The molecule has 2 saturated heterocycles. The zero-order valence-corrected chi connectivity index (χ0v) is 14.3. The largest absolute Gasteiger partial charge is 0.378 e. The lowest BCUT2D eigenvalue weighted by Gasteiger charge is -2.43. The fourth-order valence-electron chi connectivity index (χ4n) is 3.31. The Morgan fingerprint density at radius 3 is 2.84 bits per heavy atom. The van der Waals surface area contributed by atoms with Gasteiger partial charge in [-0.05, 0) is 24.3 Å². The van der Waals surface area contributed by atoms with E-state index >= 15 is 0 Å². The quantitative estimate of drug-likeness (QED) is 0.882. The van der Waals surface area contributed by atoms with E-state index in [0.29, 0.717) is 25.0 Å². The number of hydrogen-bond donors (Lipinski definition) is 1. The van der Waals surface area contributed by atoms with E-state index in [-0.39, 0.29) is 6.03 Å². The van der Waals surface area contributed by atoms with Gasteiger partial charge in [0.2, 0.25) is 0 Å². The fourth-order valence-corrected chi connectivity index (χ4v) is 3.31. The first-order valence-corrected chi connectivity index (χ1v) is 8.53. The summed E-state index contributed by atoms with van der Waals surface area (Å²) in [5.41, 5.74) is 1.69. The van der Waals surface area contributed by atoms with Gasteiger partial charge < -0.3 is 15.0 Å². The van der Waals surface area contributed by atoms with Gasteiger partial charge in [0.1, 0.15) is 6.33 Å². The summed E-state index contributed by atoms with van der Waals surface area (Å²) in [4.78, 5) is 21.0. The maximum Gasteiger partial charge on any atom is 0.321 e. The highest BCUT2D eigenvalue weighted by Gasteiger charge is 2.31. The average Bonchev–Trinajstić information content (AvgIpc) is 3.08. The Labute approximate surface area is 146 Å². The molecule has 8 nitrogen and oxygen atoms in total. The van der Waals surface area contributed by atoms with E-state index in [4.69, 9.17) is 4.74 Å². The maximum absolute atomic E-state index is 12.5. The van der Waals surface area contributed by atoms with Crippen molar-refractivity contribution < 1.29 is 9.53 Å². The predicted molar refractivity (Wildman–Crippen MR) is 93.2 cm³/mol. The van der Waals surface area contributed by atoms with E-state index in [1.165, 1.54) is 0 Å². The maximum atomic E-state index is 12.5. The van der Waals surface area contributed by atoms with E-state index in [9.17, 15) is 4.79 Å². The molecule has 0 saturated carbocycles. The van der Waals surface area contributed by atoms with Gasteiger partial charge in [0.05, 0.1) is 19.3 Å². The molecule has 25 heavy (non-hydrogen) atoms. The normalized spacial score (nSPS) is 21.0. The highest BCUT2D eigenvalue weighted by molar-refractivity contribution is 5.89. The summed E-state index contributed by atoms with van der Waals surface area (Å²) in [5, 5.41) is 7.25. The number of rotatable bonds is 2. The van der Waals surface area contributed by atoms with Crippen LogP contribution in [0.5, 0.6) is 0 Å². The minimum atomic E-state index is -0.0612. The number of hydrogen-bond acceptors (Lipinski definition) is 5. The van der Waals surface area contributed by atoms with E-state index in [2.05, 4.69) is 20.3 Å². The topological polar surface area (TPSA) is 75.5 Å². The molecule has 2 aliphatic heterocycles. The highest BCUT2D eigenvalue weighted by Crippen LogP contribution is 2.19. The second kappa shape index (κ2) is 6.81. The minimum Gasteiger partial charge on any atom is -0.378 e. The lowest BCUT2D eigenvalue weighted by Crippen LogP contribution is -2.59. The van der Waals surface area contributed by atoms with Gasteiger partial charge in [0.15, 0.2) is 5.82 Å². The Morgan fingerprint density at radius 2 is 2.08 bits per heavy atom. The molecule has 0 spiro atoms. The van der Waals surface area contributed by atoms with Crippen LogP contribution in [0.15, 0.2) is 30.6 Å². The molecular weight excluding hydrogens is 320 g/mol. The van der Waals surface area contributed by atoms with E-state index in [1.54, 1.807) is 11.0 Å². The minimum absolute atomic E-state index is 0.0612. The number of piperazine rings is 1. The first-order chi connectivity index (χ1) is 12.2. The van der Waals surface area contributed by atoms with Gasteiger partial charge in [-0.3, -0.25) is 9.58 Å². The Hall–Kier alpha value is -2.45. The smallest absolute Gasteiger partial charge is 0.321 e. The first-order valence-electron chi connectivity index (χ1n) is 8.53. The Kier molecular flexibility index (Phi) is 4.37. The molecule has 8 heteroatoms. The number of nitrogens with zero attached hydrogens (tertiary/aromatic N) is 5. The van der Waals surface area contributed by atoms with Gasteiger partial charge in [-0.1, -0.05) is 0 Å². The molecule has 3 heterocycles. The molecule has 2 amide bonds. The van der Waals surface area contributed by atoms with Crippen LogP contribution in [0.4, 0.5) is 10.5 Å². The molecule has 1 aromatic carbocycles. The van der Waals surface area contributed by atoms with Crippen molar-refractivity contribution in [3.63, 3.8) is 0 Å². The number of amides is 2. The summed E-state index contributed by atoms with van der Waals surface area (Å²) >= 11 is 0. The van der Waals surface area contributed by atoms with Crippen molar-refractivity contribution in [2.75, 3.05) is 44.7 Å². The monoisotopic (exact) mass is 342 g/mol. The van der Waals surface area contributed by atoms with Gasteiger partial charge in [-0.2, -0.15) is 5.10 Å². The van der Waals surface area contributed by atoms with E-state index < -0.39 is 0 Å².